The average molecular weight is 476 g/mol. The number of fused-ring (bicyclic) bond motifs is 3. The quantitative estimate of drug-likeness (QED) is 0.558. The molecule has 0 bridgehead atoms. The summed E-state index contributed by atoms with van der Waals surface area (Å²) < 4.78 is 10.7. The van der Waals surface area contributed by atoms with Gasteiger partial charge in [0.15, 0.2) is 11.5 Å². The third kappa shape index (κ3) is 4.62. The van der Waals surface area contributed by atoms with Crippen molar-refractivity contribution >= 4 is 18.0 Å². The highest BCUT2D eigenvalue weighted by atomic mass is 16.5. The van der Waals surface area contributed by atoms with Gasteiger partial charge in [0.05, 0.1) is 12.5 Å². The zero-order valence-electron chi connectivity index (χ0n) is 19.0. The van der Waals surface area contributed by atoms with E-state index in [9.17, 15) is 19.5 Å². The van der Waals surface area contributed by atoms with Crippen LogP contribution in [0.4, 0.5) is 4.79 Å². The molecule has 2 aromatic carbocycles. The predicted molar refractivity (Wildman–Crippen MR) is 125 cm³/mol. The molecule has 0 radical (unpaired) electrons. The third-order valence-electron chi connectivity index (χ3n) is 6.59. The van der Waals surface area contributed by atoms with Crippen LogP contribution in [-0.2, 0) is 16.1 Å². The SMILES string of the molecule is O=C(NCc1cc(C(=O)N2CCCC(C(=O)O)C2)no1)OCC1c2ccccc2-c2ccccc21. The van der Waals surface area contributed by atoms with Crippen LogP contribution >= 0.6 is 0 Å². The Labute approximate surface area is 201 Å². The molecular formula is C26H25N3O6. The summed E-state index contributed by atoms with van der Waals surface area (Å²) in [6.45, 7) is 0.825. The first-order valence-electron chi connectivity index (χ1n) is 11.6. The number of alkyl carbamates (subject to hydrolysis) is 1. The Morgan fingerprint density at radius 3 is 2.46 bits per heavy atom. The van der Waals surface area contributed by atoms with Crippen molar-refractivity contribution in [2.45, 2.75) is 25.3 Å². The van der Waals surface area contributed by atoms with E-state index in [1.165, 1.54) is 11.0 Å². The first-order chi connectivity index (χ1) is 17.0. The van der Waals surface area contributed by atoms with E-state index >= 15 is 0 Å². The van der Waals surface area contributed by atoms with Gasteiger partial charge in [0.1, 0.15) is 6.61 Å². The molecule has 2 aliphatic rings. The van der Waals surface area contributed by atoms with Crippen LogP contribution in [0.5, 0.6) is 0 Å². The number of carboxylic acids is 1. The van der Waals surface area contributed by atoms with Crippen molar-refractivity contribution in [1.29, 1.82) is 0 Å². The number of nitrogens with zero attached hydrogens (tertiary/aromatic N) is 2. The Balaban J connectivity index is 1.15. The summed E-state index contributed by atoms with van der Waals surface area (Å²) in [5.74, 6) is -1.60. The van der Waals surface area contributed by atoms with Gasteiger partial charge in [-0.1, -0.05) is 53.7 Å². The zero-order valence-corrected chi connectivity index (χ0v) is 19.0. The molecule has 5 rings (SSSR count). The van der Waals surface area contributed by atoms with Gasteiger partial charge in [-0.3, -0.25) is 9.59 Å². The summed E-state index contributed by atoms with van der Waals surface area (Å²) in [7, 11) is 0. The predicted octanol–water partition coefficient (Wildman–Crippen LogP) is 3.65. The monoisotopic (exact) mass is 475 g/mol. The highest BCUT2D eigenvalue weighted by Gasteiger charge is 2.31. The van der Waals surface area contributed by atoms with E-state index in [-0.39, 0.29) is 37.2 Å². The number of likely N-dealkylation sites (tertiary alicyclic amines) is 1. The van der Waals surface area contributed by atoms with Crippen LogP contribution < -0.4 is 5.32 Å². The molecule has 0 saturated carbocycles. The zero-order chi connectivity index (χ0) is 24.4. The number of hydrogen-bond acceptors (Lipinski definition) is 6. The van der Waals surface area contributed by atoms with Crippen LogP contribution in [0.1, 0.15) is 46.1 Å². The van der Waals surface area contributed by atoms with Gasteiger partial charge in [-0.05, 0) is 35.1 Å². The maximum atomic E-state index is 12.7. The Hall–Kier alpha value is -4.14. The Kier molecular flexibility index (Phi) is 6.22. The van der Waals surface area contributed by atoms with Gasteiger partial charge in [-0.15, -0.1) is 0 Å². The number of amides is 2. The van der Waals surface area contributed by atoms with Crippen LogP contribution in [0.2, 0.25) is 0 Å². The fourth-order valence-corrected chi connectivity index (χ4v) is 4.83. The lowest BCUT2D eigenvalue weighted by molar-refractivity contribution is -0.143. The number of ether oxygens (including phenoxy) is 1. The van der Waals surface area contributed by atoms with Crippen molar-refractivity contribution in [3.8, 4) is 11.1 Å². The molecule has 35 heavy (non-hydrogen) atoms. The molecule has 3 aromatic rings. The van der Waals surface area contributed by atoms with Crippen molar-refractivity contribution in [1.82, 2.24) is 15.4 Å². The molecule has 180 valence electrons. The number of aromatic nitrogens is 1. The van der Waals surface area contributed by atoms with Crippen LogP contribution in [0.3, 0.4) is 0 Å². The summed E-state index contributed by atoms with van der Waals surface area (Å²) in [5, 5.41) is 15.6. The summed E-state index contributed by atoms with van der Waals surface area (Å²) >= 11 is 0. The number of carboxylic acid groups (broad SMARTS) is 1. The van der Waals surface area contributed by atoms with Gasteiger partial charge in [0, 0.05) is 25.1 Å². The van der Waals surface area contributed by atoms with E-state index in [0.717, 1.165) is 22.3 Å². The Morgan fingerprint density at radius 1 is 1.09 bits per heavy atom. The van der Waals surface area contributed by atoms with Gasteiger partial charge in [-0.25, -0.2) is 4.79 Å². The molecular weight excluding hydrogens is 450 g/mol. The molecule has 1 atom stereocenters. The van der Waals surface area contributed by atoms with E-state index in [1.54, 1.807) is 0 Å². The van der Waals surface area contributed by atoms with E-state index in [2.05, 4.69) is 34.7 Å². The second-order valence-electron chi connectivity index (χ2n) is 8.79. The van der Waals surface area contributed by atoms with Crippen molar-refractivity contribution in [2.24, 2.45) is 5.92 Å². The maximum absolute atomic E-state index is 12.7. The fourth-order valence-electron chi connectivity index (χ4n) is 4.83. The Bertz CT molecular complexity index is 1220. The van der Waals surface area contributed by atoms with E-state index in [1.807, 2.05) is 24.3 Å². The molecule has 9 heteroatoms. The molecule has 1 aliphatic carbocycles. The molecule has 1 saturated heterocycles. The molecule has 1 fully saturated rings. The molecule has 9 nitrogen and oxygen atoms in total. The summed E-state index contributed by atoms with van der Waals surface area (Å²) in [5.41, 5.74) is 4.64. The standard InChI is InChI=1S/C26H25N3O6/c30-24(29-11-5-6-16(14-29)25(31)32)23-12-17(35-28-23)13-27-26(33)34-15-22-20-9-3-1-7-18(20)19-8-2-4-10-21(19)22/h1-4,7-10,12,16,22H,5-6,11,13-15H2,(H,27,33)(H,31,32). The number of nitrogens with one attached hydrogen (secondary N) is 1. The smallest absolute Gasteiger partial charge is 0.407 e. The fraction of sp³-hybridized carbons (Fsp3) is 0.308. The first kappa shape index (κ1) is 22.6. The van der Waals surface area contributed by atoms with Gasteiger partial charge >= 0.3 is 12.1 Å². The highest BCUT2D eigenvalue weighted by molar-refractivity contribution is 5.92. The first-order valence-corrected chi connectivity index (χ1v) is 11.6. The molecule has 2 N–H and O–H groups in total. The average Bonchev–Trinajstić information content (AvgIpc) is 3.49. The maximum Gasteiger partial charge on any atom is 0.407 e. The minimum absolute atomic E-state index is 0.00864. The van der Waals surface area contributed by atoms with Gasteiger partial charge in [0.2, 0.25) is 0 Å². The van der Waals surface area contributed by atoms with Gasteiger partial charge < -0.3 is 24.6 Å². The topological polar surface area (TPSA) is 122 Å². The lowest BCUT2D eigenvalue weighted by Crippen LogP contribution is -2.42. The number of aliphatic carboxylic acids is 1. The van der Waals surface area contributed by atoms with Gasteiger partial charge in [0.25, 0.3) is 5.91 Å². The minimum Gasteiger partial charge on any atom is -0.481 e. The van der Waals surface area contributed by atoms with Crippen LogP contribution in [0, 0.1) is 5.92 Å². The Morgan fingerprint density at radius 2 is 1.77 bits per heavy atom. The lowest BCUT2D eigenvalue weighted by atomic mass is 9.98. The van der Waals surface area contributed by atoms with Crippen LogP contribution in [-0.4, -0.2) is 52.8 Å². The minimum atomic E-state index is -0.907. The number of benzene rings is 2. The van der Waals surface area contributed by atoms with Crippen LogP contribution in [0.25, 0.3) is 11.1 Å². The highest BCUT2D eigenvalue weighted by Crippen LogP contribution is 2.44. The van der Waals surface area contributed by atoms with Crippen molar-refractivity contribution in [3.05, 3.63) is 77.2 Å². The van der Waals surface area contributed by atoms with E-state index < -0.39 is 18.0 Å². The van der Waals surface area contributed by atoms with Crippen LogP contribution in [0.15, 0.2) is 59.1 Å². The number of carbonyl (C=O) groups is 3. The van der Waals surface area contributed by atoms with Crippen molar-refractivity contribution in [3.63, 3.8) is 0 Å². The molecule has 2 amide bonds. The second-order valence-corrected chi connectivity index (χ2v) is 8.79. The normalized spacial score (nSPS) is 16.9. The van der Waals surface area contributed by atoms with Crippen molar-refractivity contribution in [2.75, 3.05) is 19.7 Å². The number of hydrogen-bond donors (Lipinski definition) is 2. The molecule has 1 aromatic heterocycles. The number of carbonyl (C=O) groups excluding carboxylic acids is 2. The molecule has 1 unspecified atom stereocenters. The van der Waals surface area contributed by atoms with E-state index in [4.69, 9.17) is 9.26 Å². The van der Waals surface area contributed by atoms with E-state index in [0.29, 0.717) is 25.1 Å². The third-order valence-corrected chi connectivity index (χ3v) is 6.59. The summed E-state index contributed by atoms with van der Waals surface area (Å²) in [4.78, 5) is 37.7. The molecule has 1 aliphatic heterocycles. The molecule has 2 heterocycles. The van der Waals surface area contributed by atoms with Gasteiger partial charge in [-0.2, -0.15) is 0 Å². The largest absolute Gasteiger partial charge is 0.481 e. The lowest BCUT2D eigenvalue weighted by Gasteiger charge is -2.29. The number of rotatable bonds is 6. The second kappa shape index (κ2) is 9.61. The summed E-state index contributed by atoms with van der Waals surface area (Å²) in [6, 6.07) is 17.7. The molecule has 0 spiro atoms. The number of piperidine rings is 1. The van der Waals surface area contributed by atoms with Crippen molar-refractivity contribution < 1.29 is 28.8 Å². The summed E-state index contributed by atoms with van der Waals surface area (Å²) in [6.07, 6.45) is 0.570.